The number of carbonyl (C=O) groups is 1. The molecule has 1 unspecified atom stereocenters. The Bertz CT molecular complexity index is 993. The minimum Gasteiger partial charge on any atom is -0.492 e. The van der Waals surface area contributed by atoms with Gasteiger partial charge < -0.3 is 15.4 Å². The highest BCUT2D eigenvalue weighted by Gasteiger charge is 2.24. The number of carbonyl (C=O) groups excluding carboxylic acids is 1. The van der Waals surface area contributed by atoms with Crippen LogP contribution in [0.2, 0.25) is 0 Å². The molecule has 0 aromatic heterocycles. The first-order valence-electron chi connectivity index (χ1n) is 9.09. The molecule has 0 spiro atoms. The topological polar surface area (TPSA) is 87.7 Å². The Morgan fingerprint density at radius 2 is 1.90 bits per heavy atom. The molecular weight excluding hydrogens is 458 g/mol. The van der Waals surface area contributed by atoms with Crippen LogP contribution in [0.25, 0.3) is 0 Å². The van der Waals surface area contributed by atoms with Crippen molar-refractivity contribution in [3.8, 4) is 5.75 Å². The zero-order valence-corrected chi connectivity index (χ0v) is 19.5. The Balaban J connectivity index is 2.23. The van der Waals surface area contributed by atoms with Gasteiger partial charge in [-0.15, -0.1) is 0 Å². The predicted molar refractivity (Wildman–Crippen MR) is 119 cm³/mol. The summed E-state index contributed by atoms with van der Waals surface area (Å²) in [5.41, 5.74) is 2.24. The highest BCUT2D eigenvalue weighted by atomic mass is 79.9. The molecule has 2 N–H and O–H groups in total. The Morgan fingerprint density at radius 1 is 1.21 bits per heavy atom. The Kier molecular flexibility index (Phi) is 7.67. The van der Waals surface area contributed by atoms with Gasteiger partial charge in [0.25, 0.3) is 0 Å². The minimum absolute atomic E-state index is 0.0447. The van der Waals surface area contributed by atoms with E-state index < -0.39 is 16.1 Å². The van der Waals surface area contributed by atoms with Crippen molar-refractivity contribution in [3.05, 3.63) is 46.4 Å². The third-order valence-corrected chi connectivity index (χ3v) is 6.65. The first kappa shape index (κ1) is 23.2. The van der Waals surface area contributed by atoms with E-state index in [0.717, 1.165) is 14.3 Å². The van der Waals surface area contributed by atoms with Gasteiger partial charge >= 0.3 is 0 Å². The molecule has 158 valence electrons. The van der Waals surface area contributed by atoms with Gasteiger partial charge in [-0.1, -0.05) is 6.07 Å². The number of sulfonamides is 1. The number of aryl methyl sites for hydroxylation is 1. The summed E-state index contributed by atoms with van der Waals surface area (Å²) in [5.74, 6) is 0.0212. The highest BCUT2D eigenvalue weighted by molar-refractivity contribution is 9.10. The van der Waals surface area contributed by atoms with Crippen LogP contribution in [-0.2, 0) is 14.8 Å². The van der Waals surface area contributed by atoms with E-state index in [1.165, 1.54) is 20.2 Å². The number of halogens is 1. The molecule has 0 aliphatic heterocycles. The lowest BCUT2D eigenvalue weighted by molar-refractivity contribution is -0.116. The van der Waals surface area contributed by atoms with Crippen LogP contribution in [0.3, 0.4) is 0 Å². The lowest BCUT2D eigenvalue weighted by Crippen LogP contribution is -2.32. The number of amides is 1. The molecule has 2 rings (SSSR count). The van der Waals surface area contributed by atoms with E-state index in [2.05, 4.69) is 26.6 Å². The number of ether oxygens (including phenoxy) is 1. The van der Waals surface area contributed by atoms with Crippen LogP contribution < -0.4 is 15.4 Å². The number of benzene rings is 2. The molecule has 2 aromatic carbocycles. The molecule has 0 aliphatic carbocycles. The van der Waals surface area contributed by atoms with E-state index in [9.17, 15) is 13.2 Å². The maximum absolute atomic E-state index is 12.6. The van der Waals surface area contributed by atoms with Gasteiger partial charge in [0.1, 0.15) is 16.7 Å². The molecule has 0 saturated heterocycles. The Morgan fingerprint density at radius 3 is 2.48 bits per heavy atom. The van der Waals surface area contributed by atoms with E-state index in [0.29, 0.717) is 18.0 Å². The van der Waals surface area contributed by atoms with Gasteiger partial charge in [0.2, 0.25) is 15.9 Å². The first-order chi connectivity index (χ1) is 13.6. The van der Waals surface area contributed by atoms with Crippen molar-refractivity contribution in [3.63, 3.8) is 0 Å². The molecule has 1 amide bonds. The quantitative estimate of drug-likeness (QED) is 0.595. The third kappa shape index (κ3) is 5.71. The fraction of sp³-hybridized carbons (Fsp3) is 0.350. The van der Waals surface area contributed by atoms with Gasteiger partial charge in [-0.25, -0.2) is 12.7 Å². The SMILES string of the molecule is CCOc1ccc(NC(C)C(=O)Nc2ccc(C)cc2Br)cc1S(=O)(=O)N(C)C. The van der Waals surface area contributed by atoms with E-state index in [-0.39, 0.29) is 16.6 Å². The molecule has 1 atom stereocenters. The van der Waals surface area contributed by atoms with Crippen LogP contribution in [0.1, 0.15) is 19.4 Å². The van der Waals surface area contributed by atoms with Gasteiger partial charge in [-0.05, 0) is 72.6 Å². The van der Waals surface area contributed by atoms with Gasteiger partial charge in [0, 0.05) is 24.3 Å². The second-order valence-corrected chi connectivity index (χ2v) is 9.70. The van der Waals surface area contributed by atoms with E-state index in [4.69, 9.17) is 4.74 Å². The third-order valence-electron chi connectivity index (χ3n) is 4.16. The van der Waals surface area contributed by atoms with Crippen LogP contribution in [-0.4, -0.2) is 45.4 Å². The zero-order valence-electron chi connectivity index (χ0n) is 17.1. The van der Waals surface area contributed by atoms with Crippen molar-refractivity contribution in [2.24, 2.45) is 0 Å². The fourth-order valence-electron chi connectivity index (χ4n) is 2.55. The van der Waals surface area contributed by atoms with Crippen LogP contribution in [0.5, 0.6) is 5.75 Å². The number of nitrogens with one attached hydrogen (secondary N) is 2. The summed E-state index contributed by atoms with van der Waals surface area (Å²) >= 11 is 3.44. The molecule has 0 fully saturated rings. The fourth-order valence-corrected chi connectivity index (χ4v) is 4.19. The minimum atomic E-state index is -3.70. The normalized spacial score (nSPS) is 12.5. The molecule has 2 aromatic rings. The predicted octanol–water partition coefficient (Wildman–Crippen LogP) is 3.85. The van der Waals surface area contributed by atoms with Crippen molar-refractivity contribution in [2.75, 3.05) is 31.3 Å². The first-order valence-corrected chi connectivity index (χ1v) is 11.3. The summed E-state index contributed by atoms with van der Waals surface area (Å²) in [6.07, 6.45) is 0. The van der Waals surface area contributed by atoms with Gasteiger partial charge in [-0.3, -0.25) is 4.79 Å². The highest BCUT2D eigenvalue weighted by Crippen LogP contribution is 2.30. The maximum atomic E-state index is 12.6. The van der Waals surface area contributed by atoms with Crippen molar-refractivity contribution in [1.82, 2.24) is 4.31 Å². The van der Waals surface area contributed by atoms with Crippen LogP contribution in [0.4, 0.5) is 11.4 Å². The monoisotopic (exact) mass is 483 g/mol. The van der Waals surface area contributed by atoms with Crippen LogP contribution >= 0.6 is 15.9 Å². The smallest absolute Gasteiger partial charge is 0.246 e. The van der Waals surface area contributed by atoms with Gasteiger partial charge in [-0.2, -0.15) is 0 Å². The lowest BCUT2D eigenvalue weighted by atomic mass is 10.2. The number of anilines is 2. The molecule has 0 radical (unpaired) electrons. The summed E-state index contributed by atoms with van der Waals surface area (Å²) < 4.78 is 32.7. The van der Waals surface area contributed by atoms with Crippen LogP contribution in [0, 0.1) is 6.92 Å². The van der Waals surface area contributed by atoms with E-state index in [1.807, 2.05) is 25.1 Å². The summed E-state index contributed by atoms with van der Waals surface area (Å²) in [5, 5.41) is 5.90. The average Bonchev–Trinajstić information content (AvgIpc) is 2.65. The zero-order chi connectivity index (χ0) is 21.8. The van der Waals surface area contributed by atoms with Gasteiger partial charge in [0.05, 0.1) is 12.3 Å². The molecule has 29 heavy (non-hydrogen) atoms. The lowest BCUT2D eigenvalue weighted by Gasteiger charge is -2.19. The number of nitrogens with zero attached hydrogens (tertiary/aromatic N) is 1. The molecular formula is C20H26BrN3O4S. The molecule has 7 nitrogen and oxygen atoms in total. The summed E-state index contributed by atoms with van der Waals surface area (Å²) in [7, 11) is -0.787. The van der Waals surface area contributed by atoms with Crippen molar-refractivity contribution in [2.45, 2.75) is 31.7 Å². The molecule has 0 heterocycles. The second-order valence-electron chi connectivity index (χ2n) is 6.72. The Labute approximate surface area is 180 Å². The summed E-state index contributed by atoms with van der Waals surface area (Å²) in [4.78, 5) is 12.6. The maximum Gasteiger partial charge on any atom is 0.246 e. The van der Waals surface area contributed by atoms with Crippen molar-refractivity contribution in [1.29, 1.82) is 0 Å². The summed E-state index contributed by atoms with van der Waals surface area (Å²) in [6, 6.07) is 9.79. The Hall–Kier alpha value is -2.10. The van der Waals surface area contributed by atoms with E-state index >= 15 is 0 Å². The average molecular weight is 484 g/mol. The van der Waals surface area contributed by atoms with E-state index in [1.54, 1.807) is 26.0 Å². The standard InChI is InChI=1S/C20H26BrN3O4S/c1-6-28-18-10-8-15(12-19(18)29(26,27)24(4)5)22-14(3)20(25)23-17-9-7-13(2)11-16(17)21/h7-12,14,22H,6H2,1-5H3,(H,23,25). The van der Waals surface area contributed by atoms with Crippen LogP contribution in [0.15, 0.2) is 45.8 Å². The number of rotatable bonds is 8. The van der Waals surface area contributed by atoms with Crippen molar-refractivity contribution >= 4 is 43.2 Å². The number of hydrogen-bond acceptors (Lipinski definition) is 5. The molecule has 0 bridgehead atoms. The number of hydrogen-bond donors (Lipinski definition) is 2. The van der Waals surface area contributed by atoms with Gasteiger partial charge in [0.15, 0.2) is 0 Å². The largest absolute Gasteiger partial charge is 0.492 e. The van der Waals surface area contributed by atoms with Crippen molar-refractivity contribution < 1.29 is 17.9 Å². The second kappa shape index (κ2) is 9.60. The molecule has 0 saturated carbocycles. The molecule has 0 aliphatic rings. The molecule has 9 heteroatoms. The summed E-state index contributed by atoms with van der Waals surface area (Å²) in [6.45, 7) is 5.79.